The summed E-state index contributed by atoms with van der Waals surface area (Å²) in [5, 5.41) is 0. The highest BCUT2D eigenvalue weighted by Crippen LogP contribution is 1.82. The highest BCUT2D eigenvalue weighted by Gasteiger charge is 1.83. The first-order chi connectivity index (χ1) is 3.91. The first-order valence-electron chi connectivity index (χ1n) is 2.54. The Labute approximate surface area is 48.6 Å². The second-order valence-electron chi connectivity index (χ2n) is 1.36. The number of hydrogen-bond acceptors (Lipinski definition) is 2. The Hall–Kier alpha value is -0.150. The van der Waals surface area contributed by atoms with Gasteiger partial charge in [0.15, 0.2) is 6.86 Å². The molecule has 0 fully saturated rings. The summed E-state index contributed by atoms with van der Waals surface area (Å²) in [4.78, 5) is 0. The molecule has 50 valence electrons. The van der Waals surface area contributed by atoms with Crippen molar-refractivity contribution in [2.75, 3.05) is 27.2 Å². The zero-order chi connectivity index (χ0) is 6.24. The van der Waals surface area contributed by atoms with Gasteiger partial charge in [-0.25, -0.2) is 4.39 Å². The molecule has 0 saturated heterocycles. The van der Waals surface area contributed by atoms with E-state index < -0.39 is 6.86 Å². The van der Waals surface area contributed by atoms with Gasteiger partial charge in [0.25, 0.3) is 0 Å². The van der Waals surface area contributed by atoms with E-state index in [1.165, 1.54) is 0 Å². The highest BCUT2D eigenvalue weighted by molar-refractivity contribution is 4.29. The fourth-order valence-corrected chi connectivity index (χ4v) is 0.360. The van der Waals surface area contributed by atoms with Crippen LogP contribution in [0.15, 0.2) is 0 Å². The molecule has 0 aromatic heterocycles. The Morgan fingerprint density at radius 2 is 2.12 bits per heavy atom. The van der Waals surface area contributed by atoms with Crippen molar-refractivity contribution in [3.05, 3.63) is 0 Å². The molecular weight excluding hydrogens is 111 g/mol. The molecule has 2 nitrogen and oxygen atoms in total. The van der Waals surface area contributed by atoms with Gasteiger partial charge in [0.1, 0.15) is 0 Å². The summed E-state index contributed by atoms with van der Waals surface area (Å²) in [7, 11) is 1.61. The van der Waals surface area contributed by atoms with Crippen LogP contribution < -0.4 is 0 Å². The average Bonchev–Trinajstić information content (AvgIpc) is 1.81. The maximum atomic E-state index is 11.2. The lowest BCUT2D eigenvalue weighted by Gasteiger charge is -1.96. The second-order valence-corrected chi connectivity index (χ2v) is 1.36. The van der Waals surface area contributed by atoms with Gasteiger partial charge < -0.3 is 9.47 Å². The lowest BCUT2D eigenvalue weighted by molar-refractivity contribution is 0.0446. The summed E-state index contributed by atoms with van der Waals surface area (Å²) in [5.74, 6) is 0. The van der Waals surface area contributed by atoms with Crippen LogP contribution in [0.3, 0.4) is 0 Å². The van der Waals surface area contributed by atoms with E-state index in [-0.39, 0.29) is 0 Å². The van der Waals surface area contributed by atoms with Crippen LogP contribution in [0.2, 0.25) is 0 Å². The largest absolute Gasteiger partial charge is 0.385 e. The number of halogens is 1. The second kappa shape index (κ2) is 6.85. The summed E-state index contributed by atoms with van der Waals surface area (Å²) in [5.41, 5.74) is 0. The molecule has 0 aliphatic carbocycles. The SMILES string of the molecule is COCCCOCF. The number of hydrogen-bond donors (Lipinski definition) is 0. The van der Waals surface area contributed by atoms with E-state index in [9.17, 15) is 4.39 Å². The maximum absolute atomic E-state index is 11.2. The van der Waals surface area contributed by atoms with Gasteiger partial charge in [-0.15, -0.1) is 0 Å². The highest BCUT2D eigenvalue weighted by atomic mass is 19.1. The monoisotopic (exact) mass is 122 g/mol. The normalized spacial score (nSPS) is 9.75. The molecule has 0 aliphatic heterocycles. The number of alkyl halides is 1. The molecule has 0 aromatic rings. The van der Waals surface area contributed by atoms with Crippen molar-refractivity contribution in [1.82, 2.24) is 0 Å². The topological polar surface area (TPSA) is 18.5 Å². The zero-order valence-electron chi connectivity index (χ0n) is 5.02. The van der Waals surface area contributed by atoms with E-state index in [1.54, 1.807) is 7.11 Å². The molecule has 0 aromatic carbocycles. The van der Waals surface area contributed by atoms with Gasteiger partial charge in [-0.1, -0.05) is 0 Å². The van der Waals surface area contributed by atoms with Crippen LogP contribution in [0.25, 0.3) is 0 Å². The van der Waals surface area contributed by atoms with E-state index in [2.05, 4.69) is 9.47 Å². The molecule has 8 heavy (non-hydrogen) atoms. The molecule has 0 saturated carbocycles. The van der Waals surface area contributed by atoms with Crippen molar-refractivity contribution in [2.45, 2.75) is 6.42 Å². The fourth-order valence-electron chi connectivity index (χ4n) is 0.360. The Kier molecular flexibility index (Phi) is 6.72. The first kappa shape index (κ1) is 7.85. The predicted octanol–water partition coefficient (Wildman–Crippen LogP) is 0.967. The Bertz CT molecular complexity index is 35.4. The molecule has 0 radical (unpaired) electrons. The molecule has 0 unspecified atom stereocenters. The molecule has 0 heterocycles. The third-order valence-electron chi connectivity index (χ3n) is 0.714. The standard InChI is InChI=1S/C5H11FO2/c1-7-3-2-4-8-5-6/h2-5H2,1H3. The molecule has 0 N–H and O–H groups in total. The van der Waals surface area contributed by atoms with Crippen LogP contribution in [0.4, 0.5) is 4.39 Å². The van der Waals surface area contributed by atoms with E-state index in [0.717, 1.165) is 6.42 Å². The summed E-state index contributed by atoms with van der Waals surface area (Å²) in [6.45, 7) is 0.397. The van der Waals surface area contributed by atoms with Crippen molar-refractivity contribution in [1.29, 1.82) is 0 Å². The average molecular weight is 122 g/mol. The van der Waals surface area contributed by atoms with E-state index in [0.29, 0.717) is 13.2 Å². The van der Waals surface area contributed by atoms with Gasteiger partial charge in [-0.3, -0.25) is 0 Å². The molecule has 0 aliphatic rings. The predicted molar refractivity (Wildman–Crippen MR) is 28.4 cm³/mol. The maximum Gasteiger partial charge on any atom is 0.188 e. The molecule has 0 atom stereocenters. The Balaban J connectivity index is 2.53. The number of ether oxygens (including phenoxy) is 2. The van der Waals surface area contributed by atoms with Crippen molar-refractivity contribution >= 4 is 0 Å². The number of rotatable bonds is 5. The van der Waals surface area contributed by atoms with Gasteiger partial charge >= 0.3 is 0 Å². The van der Waals surface area contributed by atoms with E-state index in [1.807, 2.05) is 0 Å². The van der Waals surface area contributed by atoms with Gasteiger partial charge in [0.05, 0.1) is 6.61 Å². The number of methoxy groups -OCH3 is 1. The van der Waals surface area contributed by atoms with Crippen LogP contribution in [-0.4, -0.2) is 27.2 Å². The van der Waals surface area contributed by atoms with E-state index in [4.69, 9.17) is 0 Å². The summed E-state index contributed by atoms with van der Waals surface area (Å²) < 4.78 is 20.2. The Morgan fingerprint density at radius 3 is 2.62 bits per heavy atom. The van der Waals surface area contributed by atoms with E-state index >= 15 is 0 Å². The molecule has 3 heteroatoms. The summed E-state index contributed by atoms with van der Waals surface area (Å²) >= 11 is 0. The van der Waals surface area contributed by atoms with Crippen molar-refractivity contribution in [3.8, 4) is 0 Å². The molecule has 0 spiro atoms. The van der Waals surface area contributed by atoms with Crippen molar-refractivity contribution in [2.24, 2.45) is 0 Å². The van der Waals surface area contributed by atoms with Crippen LogP contribution in [0.5, 0.6) is 0 Å². The third kappa shape index (κ3) is 5.85. The summed E-state index contributed by atoms with van der Waals surface area (Å²) in [6.07, 6.45) is 0.764. The van der Waals surface area contributed by atoms with Crippen LogP contribution in [0, 0.1) is 0 Å². The quantitative estimate of drug-likeness (QED) is 0.506. The van der Waals surface area contributed by atoms with Gasteiger partial charge in [-0.2, -0.15) is 0 Å². The van der Waals surface area contributed by atoms with Gasteiger partial charge in [0, 0.05) is 13.7 Å². The summed E-state index contributed by atoms with van der Waals surface area (Å²) in [6, 6.07) is 0. The third-order valence-corrected chi connectivity index (χ3v) is 0.714. The van der Waals surface area contributed by atoms with Crippen LogP contribution in [-0.2, 0) is 9.47 Å². The van der Waals surface area contributed by atoms with Crippen LogP contribution >= 0.6 is 0 Å². The van der Waals surface area contributed by atoms with Crippen molar-refractivity contribution < 1.29 is 13.9 Å². The fraction of sp³-hybridized carbons (Fsp3) is 1.00. The van der Waals surface area contributed by atoms with Crippen molar-refractivity contribution in [3.63, 3.8) is 0 Å². The van der Waals surface area contributed by atoms with Crippen LogP contribution in [0.1, 0.15) is 6.42 Å². The molecule has 0 rings (SSSR count). The minimum atomic E-state index is -0.691. The minimum Gasteiger partial charge on any atom is -0.385 e. The van der Waals surface area contributed by atoms with Gasteiger partial charge in [-0.05, 0) is 6.42 Å². The first-order valence-corrected chi connectivity index (χ1v) is 2.54. The van der Waals surface area contributed by atoms with Gasteiger partial charge in [0.2, 0.25) is 0 Å². The Morgan fingerprint density at radius 1 is 1.38 bits per heavy atom. The minimum absolute atomic E-state index is 0.449. The zero-order valence-corrected chi connectivity index (χ0v) is 5.02. The molecule has 0 bridgehead atoms. The smallest absolute Gasteiger partial charge is 0.188 e. The molecule has 0 amide bonds. The lowest BCUT2D eigenvalue weighted by Crippen LogP contribution is -1.96. The lowest BCUT2D eigenvalue weighted by atomic mass is 10.5. The molecular formula is C5H11FO2.